The molecule has 0 unspecified atom stereocenters. The van der Waals surface area contributed by atoms with Gasteiger partial charge in [-0.15, -0.1) is 0 Å². The van der Waals surface area contributed by atoms with Crippen molar-refractivity contribution in [2.24, 2.45) is 0 Å². The number of hydrogen-bond acceptors (Lipinski definition) is 4. The maximum Gasteiger partial charge on any atom is 0.259 e. The van der Waals surface area contributed by atoms with Crippen LogP contribution in [0.3, 0.4) is 0 Å². The smallest absolute Gasteiger partial charge is 0.259 e. The highest BCUT2D eigenvalue weighted by molar-refractivity contribution is 9.10. The SMILES string of the molecule is O=C(Nc1cccc(OC[C@H]2CCCO2)c1)c1cc(Br)ccc1O. The van der Waals surface area contributed by atoms with Gasteiger partial charge in [-0.25, -0.2) is 0 Å². The zero-order valence-corrected chi connectivity index (χ0v) is 14.6. The minimum absolute atomic E-state index is 0.0681. The van der Waals surface area contributed by atoms with Crippen molar-refractivity contribution in [3.05, 3.63) is 52.5 Å². The first-order chi connectivity index (χ1) is 11.6. The zero-order chi connectivity index (χ0) is 16.9. The molecular weight excluding hydrogens is 374 g/mol. The molecule has 2 aromatic carbocycles. The number of ether oxygens (including phenoxy) is 2. The van der Waals surface area contributed by atoms with Gasteiger partial charge in [0.25, 0.3) is 5.91 Å². The summed E-state index contributed by atoms with van der Waals surface area (Å²) in [6, 6.07) is 11.9. The molecule has 0 radical (unpaired) electrons. The van der Waals surface area contributed by atoms with Crippen LogP contribution in [0.2, 0.25) is 0 Å². The molecule has 1 heterocycles. The van der Waals surface area contributed by atoms with Gasteiger partial charge in [0.15, 0.2) is 0 Å². The van der Waals surface area contributed by atoms with Gasteiger partial charge in [-0.3, -0.25) is 4.79 Å². The molecule has 1 amide bonds. The number of anilines is 1. The van der Waals surface area contributed by atoms with E-state index in [1.165, 1.54) is 6.07 Å². The molecule has 2 aromatic rings. The van der Waals surface area contributed by atoms with E-state index in [0.29, 0.717) is 18.0 Å². The van der Waals surface area contributed by atoms with Gasteiger partial charge in [-0.1, -0.05) is 22.0 Å². The summed E-state index contributed by atoms with van der Waals surface area (Å²) in [5.41, 5.74) is 0.805. The molecular formula is C18H18BrNO4. The normalized spacial score (nSPS) is 16.8. The monoisotopic (exact) mass is 391 g/mol. The fourth-order valence-electron chi connectivity index (χ4n) is 2.52. The molecule has 24 heavy (non-hydrogen) atoms. The van der Waals surface area contributed by atoms with Crippen LogP contribution in [-0.4, -0.2) is 30.3 Å². The van der Waals surface area contributed by atoms with Crippen molar-refractivity contribution < 1.29 is 19.4 Å². The van der Waals surface area contributed by atoms with Crippen LogP contribution >= 0.6 is 15.9 Å². The highest BCUT2D eigenvalue weighted by Crippen LogP contribution is 2.24. The molecule has 1 aliphatic rings. The Morgan fingerprint density at radius 1 is 1.33 bits per heavy atom. The number of hydrogen-bond donors (Lipinski definition) is 2. The van der Waals surface area contributed by atoms with Crippen LogP contribution < -0.4 is 10.1 Å². The number of rotatable bonds is 5. The quantitative estimate of drug-likeness (QED) is 0.808. The molecule has 1 atom stereocenters. The van der Waals surface area contributed by atoms with E-state index in [2.05, 4.69) is 21.2 Å². The Morgan fingerprint density at radius 3 is 3.00 bits per heavy atom. The van der Waals surface area contributed by atoms with Gasteiger partial charge in [0, 0.05) is 22.8 Å². The number of phenols is 1. The molecule has 2 N–H and O–H groups in total. The molecule has 0 spiro atoms. The second kappa shape index (κ2) is 7.68. The number of nitrogens with one attached hydrogen (secondary N) is 1. The van der Waals surface area contributed by atoms with Crippen molar-refractivity contribution in [3.8, 4) is 11.5 Å². The van der Waals surface area contributed by atoms with Crippen LogP contribution in [0, 0.1) is 0 Å². The number of amides is 1. The minimum atomic E-state index is -0.384. The Balaban J connectivity index is 1.65. The maximum absolute atomic E-state index is 12.3. The fourth-order valence-corrected chi connectivity index (χ4v) is 2.88. The highest BCUT2D eigenvalue weighted by atomic mass is 79.9. The number of benzene rings is 2. The molecule has 6 heteroatoms. The first-order valence-electron chi connectivity index (χ1n) is 7.76. The number of aromatic hydroxyl groups is 1. The van der Waals surface area contributed by atoms with E-state index in [9.17, 15) is 9.90 Å². The van der Waals surface area contributed by atoms with Gasteiger partial charge in [0.1, 0.15) is 18.1 Å². The van der Waals surface area contributed by atoms with Gasteiger partial charge < -0.3 is 19.9 Å². The summed E-state index contributed by atoms with van der Waals surface area (Å²) in [5.74, 6) is 0.216. The molecule has 1 aliphatic heterocycles. The van der Waals surface area contributed by atoms with Gasteiger partial charge in [-0.2, -0.15) is 0 Å². The Hall–Kier alpha value is -2.05. The third kappa shape index (κ3) is 4.27. The second-order valence-corrected chi connectivity index (χ2v) is 6.51. The number of phenolic OH excluding ortho intramolecular Hbond substituents is 1. The summed E-state index contributed by atoms with van der Waals surface area (Å²) in [4.78, 5) is 12.3. The first-order valence-corrected chi connectivity index (χ1v) is 8.55. The summed E-state index contributed by atoms with van der Waals surface area (Å²) in [6.45, 7) is 1.30. The number of halogens is 1. The Morgan fingerprint density at radius 2 is 2.21 bits per heavy atom. The molecule has 0 aliphatic carbocycles. The lowest BCUT2D eigenvalue weighted by molar-refractivity contribution is 0.0680. The van der Waals surface area contributed by atoms with E-state index in [-0.39, 0.29) is 23.3 Å². The van der Waals surface area contributed by atoms with Gasteiger partial charge in [0.2, 0.25) is 0 Å². The van der Waals surface area contributed by atoms with Crippen molar-refractivity contribution in [2.45, 2.75) is 18.9 Å². The summed E-state index contributed by atoms with van der Waals surface area (Å²) in [6.07, 6.45) is 2.22. The van der Waals surface area contributed by atoms with Crippen LogP contribution in [-0.2, 0) is 4.74 Å². The predicted molar refractivity (Wildman–Crippen MR) is 94.7 cm³/mol. The molecule has 0 bridgehead atoms. The van der Waals surface area contributed by atoms with Crippen molar-refractivity contribution in [1.82, 2.24) is 0 Å². The Labute approximate surface area is 148 Å². The summed E-state index contributed by atoms with van der Waals surface area (Å²) in [5, 5.41) is 12.6. The average Bonchev–Trinajstić information content (AvgIpc) is 3.09. The molecule has 126 valence electrons. The molecule has 5 nitrogen and oxygen atoms in total. The van der Waals surface area contributed by atoms with E-state index >= 15 is 0 Å². The average molecular weight is 392 g/mol. The second-order valence-electron chi connectivity index (χ2n) is 5.59. The summed E-state index contributed by atoms with van der Waals surface area (Å²) < 4.78 is 12.0. The highest BCUT2D eigenvalue weighted by Gasteiger charge is 2.16. The van der Waals surface area contributed by atoms with Gasteiger partial charge >= 0.3 is 0 Å². The third-order valence-corrected chi connectivity index (χ3v) is 4.25. The van der Waals surface area contributed by atoms with E-state index in [1.54, 1.807) is 30.3 Å². The van der Waals surface area contributed by atoms with Crippen molar-refractivity contribution >= 4 is 27.5 Å². The molecule has 0 aromatic heterocycles. The van der Waals surface area contributed by atoms with Gasteiger partial charge in [0.05, 0.1) is 11.7 Å². The standard InChI is InChI=1S/C18H18BrNO4/c19-12-6-7-17(21)16(9-12)18(22)20-13-3-1-4-14(10-13)24-11-15-5-2-8-23-15/h1,3-4,6-7,9-10,15,21H,2,5,8,11H2,(H,20,22)/t15-/m1/s1. The number of carbonyl (C=O) groups excluding carboxylic acids is 1. The van der Waals surface area contributed by atoms with Crippen LogP contribution in [0.1, 0.15) is 23.2 Å². The first kappa shape index (κ1) is 16.8. The fraction of sp³-hybridized carbons (Fsp3) is 0.278. The van der Waals surface area contributed by atoms with Crippen LogP contribution in [0.5, 0.6) is 11.5 Å². The molecule has 3 rings (SSSR count). The molecule has 1 fully saturated rings. The van der Waals surface area contributed by atoms with E-state index < -0.39 is 0 Å². The van der Waals surface area contributed by atoms with Crippen molar-refractivity contribution in [2.75, 3.05) is 18.5 Å². The lowest BCUT2D eigenvalue weighted by Crippen LogP contribution is -2.16. The van der Waals surface area contributed by atoms with Crippen LogP contribution in [0.4, 0.5) is 5.69 Å². The van der Waals surface area contributed by atoms with Gasteiger partial charge in [-0.05, 0) is 43.2 Å². The number of carbonyl (C=O) groups is 1. The summed E-state index contributed by atoms with van der Waals surface area (Å²) >= 11 is 3.29. The van der Waals surface area contributed by atoms with Crippen LogP contribution in [0.15, 0.2) is 46.9 Å². The molecule has 1 saturated heterocycles. The molecule has 0 saturated carbocycles. The minimum Gasteiger partial charge on any atom is -0.507 e. The zero-order valence-electron chi connectivity index (χ0n) is 13.0. The van der Waals surface area contributed by atoms with Crippen molar-refractivity contribution in [1.29, 1.82) is 0 Å². The topological polar surface area (TPSA) is 67.8 Å². The van der Waals surface area contributed by atoms with E-state index in [4.69, 9.17) is 9.47 Å². The Kier molecular flexibility index (Phi) is 5.37. The Bertz CT molecular complexity index is 729. The predicted octanol–water partition coefficient (Wildman–Crippen LogP) is 3.96. The summed E-state index contributed by atoms with van der Waals surface area (Å²) in [7, 11) is 0. The van der Waals surface area contributed by atoms with Crippen molar-refractivity contribution in [3.63, 3.8) is 0 Å². The largest absolute Gasteiger partial charge is 0.507 e. The maximum atomic E-state index is 12.3. The lowest BCUT2D eigenvalue weighted by Gasteiger charge is -2.13. The van der Waals surface area contributed by atoms with Crippen LogP contribution in [0.25, 0.3) is 0 Å². The third-order valence-electron chi connectivity index (χ3n) is 3.76. The van der Waals surface area contributed by atoms with E-state index in [1.807, 2.05) is 6.07 Å². The van der Waals surface area contributed by atoms with E-state index in [0.717, 1.165) is 23.9 Å². The lowest BCUT2D eigenvalue weighted by atomic mass is 10.2.